The van der Waals surface area contributed by atoms with Gasteiger partial charge in [0.25, 0.3) is 6.43 Å². The Hall–Kier alpha value is -1.08. The zero-order valence-corrected chi connectivity index (χ0v) is 6.72. The van der Waals surface area contributed by atoms with Gasteiger partial charge in [0.15, 0.2) is 0 Å². The van der Waals surface area contributed by atoms with Crippen LogP contribution in [0.2, 0.25) is 0 Å². The third-order valence-electron chi connectivity index (χ3n) is 1.63. The van der Waals surface area contributed by atoms with Gasteiger partial charge in [0.1, 0.15) is 11.6 Å². The molecule has 76 valence electrons. The van der Waals surface area contributed by atoms with Gasteiger partial charge in [-0.15, -0.1) is 0 Å². The van der Waals surface area contributed by atoms with Crippen LogP contribution in [0.4, 0.5) is 17.6 Å². The number of alkyl halides is 2. The molecule has 0 bridgehead atoms. The van der Waals surface area contributed by atoms with Crippen molar-refractivity contribution in [2.45, 2.75) is 6.43 Å². The highest BCUT2D eigenvalue weighted by Gasteiger charge is 2.22. The van der Waals surface area contributed by atoms with Gasteiger partial charge in [0.2, 0.25) is 0 Å². The van der Waals surface area contributed by atoms with Crippen LogP contribution in [0.3, 0.4) is 0 Å². The summed E-state index contributed by atoms with van der Waals surface area (Å²) in [5, 5.41) is 17.1. The number of rotatable bonds is 2. The summed E-state index contributed by atoms with van der Waals surface area (Å²) >= 11 is 0. The summed E-state index contributed by atoms with van der Waals surface area (Å²) in [5.41, 5.74) is -1.84. The van der Waals surface area contributed by atoms with Gasteiger partial charge >= 0.3 is 7.12 Å². The molecule has 0 amide bonds. The molecule has 7 heteroatoms. The second kappa shape index (κ2) is 3.97. The SMILES string of the molecule is OB(O)c1cc(C(F)F)c(F)cc1F. The fourth-order valence-corrected chi connectivity index (χ4v) is 0.948. The lowest BCUT2D eigenvalue weighted by molar-refractivity contribution is 0.146. The quantitative estimate of drug-likeness (QED) is 0.551. The van der Waals surface area contributed by atoms with E-state index in [0.717, 1.165) is 0 Å². The molecule has 0 aliphatic heterocycles. The zero-order valence-electron chi connectivity index (χ0n) is 6.72. The van der Waals surface area contributed by atoms with Crippen molar-refractivity contribution >= 4 is 12.6 Å². The molecule has 14 heavy (non-hydrogen) atoms. The Kier molecular flexibility index (Phi) is 3.12. The van der Waals surface area contributed by atoms with E-state index < -0.39 is 36.2 Å². The first kappa shape index (κ1) is 11.0. The predicted molar refractivity (Wildman–Crippen MR) is 41.1 cm³/mol. The molecule has 0 heterocycles. The van der Waals surface area contributed by atoms with Crippen molar-refractivity contribution < 1.29 is 27.6 Å². The molecule has 0 radical (unpaired) electrons. The summed E-state index contributed by atoms with van der Waals surface area (Å²) in [6.45, 7) is 0. The maximum atomic E-state index is 12.7. The molecule has 0 saturated heterocycles. The highest BCUT2D eigenvalue weighted by Crippen LogP contribution is 2.21. The van der Waals surface area contributed by atoms with Gasteiger partial charge in [-0.2, -0.15) is 0 Å². The monoisotopic (exact) mass is 208 g/mol. The Bertz CT molecular complexity index is 313. The second-order valence-electron chi connectivity index (χ2n) is 2.57. The van der Waals surface area contributed by atoms with E-state index in [1.807, 2.05) is 0 Å². The lowest BCUT2D eigenvalue weighted by atomic mass is 9.79. The van der Waals surface area contributed by atoms with Gasteiger partial charge in [-0.25, -0.2) is 17.6 Å². The van der Waals surface area contributed by atoms with Crippen molar-refractivity contribution in [2.24, 2.45) is 0 Å². The Morgan fingerprint density at radius 2 is 1.64 bits per heavy atom. The van der Waals surface area contributed by atoms with Crippen LogP contribution < -0.4 is 5.46 Å². The molecule has 0 aromatic heterocycles. The van der Waals surface area contributed by atoms with E-state index >= 15 is 0 Å². The van der Waals surface area contributed by atoms with Crippen LogP contribution in [-0.2, 0) is 0 Å². The summed E-state index contributed by atoms with van der Waals surface area (Å²) < 4.78 is 49.6. The molecule has 2 N–H and O–H groups in total. The predicted octanol–water partition coefficient (Wildman–Crippen LogP) is 0.582. The molecule has 0 saturated carbocycles. The topological polar surface area (TPSA) is 40.5 Å². The largest absolute Gasteiger partial charge is 0.491 e. The highest BCUT2D eigenvalue weighted by atomic mass is 19.3. The zero-order chi connectivity index (χ0) is 10.9. The maximum Gasteiger partial charge on any atom is 0.491 e. The van der Waals surface area contributed by atoms with Gasteiger partial charge in [-0.05, 0) is 6.07 Å². The first-order valence-electron chi connectivity index (χ1n) is 3.56. The van der Waals surface area contributed by atoms with Crippen molar-refractivity contribution in [3.8, 4) is 0 Å². The Labute approximate surface area is 76.9 Å². The lowest BCUT2D eigenvalue weighted by Crippen LogP contribution is -2.33. The van der Waals surface area contributed by atoms with E-state index in [1.165, 1.54) is 0 Å². The average Bonchev–Trinajstić information content (AvgIpc) is 2.02. The van der Waals surface area contributed by atoms with E-state index in [1.54, 1.807) is 0 Å². The van der Waals surface area contributed by atoms with Crippen molar-refractivity contribution in [1.29, 1.82) is 0 Å². The highest BCUT2D eigenvalue weighted by molar-refractivity contribution is 6.58. The Balaban J connectivity index is 3.27. The molecule has 0 aliphatic rings. The maximum absolute atomic E-state index is 12.7. The minimum absolute atomic E-state index is 0.191. The van der Waals surface area contributed by atoms with Gasteiger partial charge in [0.05, 0.1) is 5.56 Å². The number of hydrogen-bond acceptors (Lipinski definition) is 2. The number of halogens is 4. The minimum Gasteiger partial charge on any atom is -0.423 e. The van der Waals surface area contributed by atoms with Crippen LogP contribution in [0.5, 0.6) is 0 Å². The molecular weight excluding hydrogens is 203 g/mol. The molecule has 0 aliphatic carbocycles. The first-order chi connectivity index (χ1) is 6.43. The molecule has 0 atom stereocenters. The second-order valence-corrected chi connectivity index (χ2v) is 2.57. The van der Waals surface area contributed by atoms with E-state index in [4.69, 9.17) is 10.0 Å². The van der Waals surface area contributed by atoms with E-state index in [0.29, 0.717) is 6.07 Å². The van der Waals surface area contributed by atoms with E-state index in [-0.39, 0.29) is 6.07 Å². The summed E-state index contributed by atoms with van der Waals surface area (Å²) in [6.07, 6.45) is -3.13. The number of benzene rings is 1. The fraction of sp³-hybridized carbons (Fsp3) is 0.143. The molecule has 2 nitrogen and oxygen atoms in total. The van der Waals surface area contributed by atoms with Gasteiger partial charge in [-0.1, -0.05) is 0 Å². The normalized spacial score (nSPS) is 10.8. The summed E-state index contributed by atoms with van der Waals surface area (Å²) in [4.78, 5) is 0. The molecule has 0 unspecified atom stereocenters. The van der Waals surface area contributed by atoms with Gasteiger partial charge in [-0.3, -0.25) is 0 Å². The smallest absolute Gasteiger partial charge is 0.423 e. The fourth-order valence-electron chi connectivity index (χ4n) is 0.948. The van der Waals surface area contributed by atoms with Gasteiger partial charge in [0, 0.05) is 11.5 Å². The lowest BCUT2D eigenvalue weighted by Gasteiger charge is -2.06. The molecule has 0 fully saturated rings. The summed E-state index contributed by atoms with van der Waals surface area (Å²) in [6, 6.07) is 0.580. The Morgan fingerprint density at radius 1 is 1.07 bits per heavy atom. The molecule has 1 aromatic rings. The standard InChI is InChI=1S/C7H5BF4O2/c9-5-2-6(10)4(8(13)14)1-3(5)7(11)12/h1-2,7,13-14H. The Morgan fingerprint density at radius 3 is 2.07 bits per heavy atom. The van der Waals surface area contributed by atoms with Crippen LogP contribution >= 0.6 is 0 Å². The van der Waals surface area contributed by atoms with Crippen molar-refractivity contribution in [3.05, 3.63) is 29.3 Å². The van der Waals surface area contributed by atoms with Crippen LogP contribution in [0, 0.1) is 11.6 Å². The molecular formula is C7H5BF4O2. The minimum atomic E-state index is -3.13. The average molecular weight is 208 g/mol. The van der Waals surface area contributed by atoms with Crippen LogP contribution in [0.15, 0.2) is 12.1 Å². The van der Waals surface area contributed by atoms with Crippen LogP contribution in [0.1, 0.15) is 12.0 Å². The van der Waals surface area contributed by atoms with Crippen LogP contribution in [-0.4, -0.2) is 17.2 Å². The third-order valence-corrected chi connectivity index (χ3v) is 1.63. The van der Waals surface area contributed by atoms with Crippen molar-refractivity contribution in [2.75, 3.05) is 0 Å². The molecule has 1 rings (SSSR count). The number of hydrogen-bond donors (Lipinski definition) is 2. The molecule has 0 spiro atoms. The first-order valence-corrected chi connectivity index (χ1v) is 3.56. The third kappa shape index (κ3) is 2.05. The summed E-state index contributed by atoms with van der Waals surface area (Å²) in [5.74, 6) is -2.69. The molecule has 1 aromatic carbocycles. The van der Waals surface area contributed by atoms with E-state index in [2.05, 4.69) is 0 Å². The van der Waals surface area contributed by atoms with E-state index in [9.17, 15) is 17.6 Å². The van der Waals surface area contributed by atoms with Crippen molar-refractivity contribution in [1.82, 2.24) is 0 Å². The summed E-state index contributed by atoms with van der Waals surface area (Å²) in [7, 11) is -2.24. The van der Waals surface area contributed by atoms with Crippen molar-refractivity contribution in [3.63, 3.8) is 0 Å². The van der Waals surface area contributed by atoms with Crippen LogP contribution in [0.25, 0.3) is 0 Å². The van der Waals surface area contributed by atoms with Gasteiger partial charge < -0.3 is 10.0 Å².